The highest BCUT2D eigenvalue weighted by Crippen LogP contribution is 2.18. The molecule has 1 saturated carbocycles. The lowest BCUT2D eigenvalue weighted by molar-refractivity contribution is -0.129. The molecule has 0 spiro atoms. The van der Waals surface area contributed by atoms with Crippen LogP contribution in [0.4, 0.5) is 0 Å². The number of amides is 1. The Balaban J connectivity index is 1.83. The first-order valence-corrected chi connectivity index (χ1v) is 5.93. The smallest absolute Gasteiger partial charge is 0.240 e. The van der Waals surface area contributed by atoms with Crippen LogP contribution in [0.15, 0.2) is 0 Å². The Labute approximate surface area is 90.8 Å². The number of ether oxygens (including phenoxy) is 1. The monoisotopic (exact) mass is 212 g/mol. The molecule has 1 heterocycles. The van der Waals surface area contributed by atoms with Gasteiger partial charge in [-0.1, -0.05) is 12.8 Å². The van der Waals surface area contributed by atoms with Crippen LogP contribution in [0, 0.1) is 0 Å². The van der Waals surface area contributed by atoms with E-state index in [1.165, 1.54) is 12.8 Å². The second kappa shape index (κ2) is 4.94. The van der Waals surface area contributed by atoms with Gasteiger partial charge >= 0.3 is 0 Å². The van der Waals surface area contributed by atoms with Crippen LogP contribution in [0.5, 0.6) is 0 Å². The van der Waals surface area contributed by atoms with Gasteiger partial charge in [0.15, 0.2) is 0 Å². The summed E-state index contributed by atoms with van der Waals surface area (Å²) in [4.78, 5) is 11.9. The third-order valence-corrected chi connectivity index (χ3v) is 3.30. The fourth-order valence-corrected chi connectivity index (χ4v) is 2.39. The highest BCUT2D eigenvalue weighted by atomic mass is 16.5. The summed E-state index contributed by atoms with van der Waals surface area (Å²) in [6.07, 6.45) is 4.74. The predicted molar refractivity (Wildman–Crippen MR) is 57.6 cm³/mol. The largest absolute Gasteiger partial charge is 0.375 e. The van der Waals surface area contributed by atoms with Crippen molar-refractivity contribution in [3.05, 3.63) is 0 Å². The van der Waals surface area contributed by atoms with Crippen molar-refractivity contribution in [3.8, 4) is 0 Å². The van der Waals surface area contributed by atoms with E-state index in [9.17, 15) is 4.79 Å². The molecule has 2 fully saturated rings. The zero-order valence-electron chi connectivity index (χ0n) is 9.29. The van der Waals surface area contributed by atoms with E-state index in [0.717, 1.165) is 19.4 Å². The summed E-state index contributed by atoms with van der Waals surface area (Å²) in [5.74, 6) is 0.106. The summed E-state index contributed by atoms with van der Waals surface area (Å²) in [5.41, 5.74) is 0. The molecule has 2 N–H and O–H groups in total. The zero-order valence-corrected chi connectivity index (χ0v) is 9.29. The van der Waals surface area contributed by atoms with Gasteiger partial charge in [-0.05, 0) is 19.8 Å². The first-order valence-electron chi connectivity index (χ1n) is 5.93. The third-order valence-electron chi connectivity index (χ3n) is 3.30. The number of carbonyl (C=O) groups is 1. The molecule has 2 atom stereocenters. The van der Waals surface area contributed by atoms with Crippen LogP contribution < -0.4 is 10.6 Å². The first-order chi connectivity index (χ1) is 7.27. The van der Waals surface area contributed by atoms with Crippen LogP contribution in [0.2, 0.25) is 0 Å². The minimum atomic E-state index is -0.167. The second-order valence-corrected chi connectivity index (χ2v) is 4.50. The van der Waals surface area contributed by atoms with Crippen molar-refractivity contribution in [1.29, 1.82) is 0 Å². The molecular weight excluding hydrogens is 192 g/mol. The van der Waals surface area contributed by atoms with E-state index in [-0.39, 0.29) is 18.1 Å². The van der Waals surface area contributed by atoms with Gasteiger partial charge in [-0.25, -0.2) is 0 Å². The standard InChI is InChI=1S/C11H20N2O2/c1-8-10(12-6-7-15-8)11(14)13-9-4-2-3-5-9/h8-10,12H,2-7H2,1H3,(H,13,14)/t8-,10+/m1/s1. The van der Waals surface area contributed by atoms with Gasteiger partial charge < -0.3 is 15.4 Å². The van der Waals surface area contributed by atoms with Crippen molar-refractivity contribution in [3.63, 3.8) is 0 Å². The Morgan fingerprint density at radius 2 is 2.13 bits per heavy atom. The highest BCUT2D eigenvalue weighted by Gasteiger charge is 2.30. The molecule has 1 aliphatic heterocycles. The molecule has 1 saturated heterocycles. The summed E-state index contributed by atoms with van der Waals surface area (Å²) in [5, 5.41) is 6.30. The van der Waals surface area contributed by atoms with E-state index in [1.54, 1.807) is 0 Å². The van der Waals surface area contributed by atoms with Gasteiger partial charge in [0.1, 0.15) is 6.04 Å². The van der Waals surface area contributed by atoms with Crippen LogP contribution in [-0.4, -0.2) is 37.2 Å². The molecule has 0 unspecified atom stereocenters. The van der Waals surface area contributed by atoms with E-state index in [2.05, 4.69) is 10.6 Å². The minimum Gasteiger partial charge on any atom is -0.375 e. The van der Waals surface area contributed by atoms with Crippen LogP contribution in [0.25, 0.3) is 0 Å². The summed E-state index contributed by atoms with van der Waals surface area (Å²) >= 11 is 0. The van der Waals surface area contributed by atoms with Crippen molar-refractivity contribution in [2.45, 2.75) is 50.8 Å². The molecule has 0 aromatic heterocycles. The van der Waals surface area contributed by atoms with Gasteiger partial charge in [0.25, 0.3) is 0 Å². The van der Waals surface area contributed by atoms with Crippen molar-refractivity contribution in [2.24, 2.45) is 0 Å². The molecular formula is C11H20N2O2. The fourth-order valence-electron chi connectivity index (χ4n) is 2.39. The molecule has 1 amide bonds. The lowest BCUT2D eigenvalue weighted by Crippen LogP contribution is -2.56. The normalized spacial score (nSPS) is 32.9. The van der Waals surface area contributed by atoms with Crippen LogP contribution in [0.3, 0.4) is 0 Å². The summed E-state index contributed by atoms with van der Waals surface area (Å²) in [6.45, 7) is 3.42. The number of hydrogen-bond acceptors (Lipinski definition) is 3. The third kappa shape index (κ3) is 2.69. The van der Waals surface area contributed by atoms with Gasteiger partial charge in [0.05, 0.1) is 12.7 Å². The van der Waals surface area contributed by atoms with Crippen molar-refractivity contribution in [1.82, 2.24) is 10.6 Å². The number of nitrogens with one attached hydrogen (secondary N) is 2. The molecule has 0 bridgehead atoms. The molecule has 2 aliphatic rings. The average molecular weight is 212 g/mol. The quantitative estimate of drug-likeness (QED) is 0.697. The Morgan fingerprint density at radius 3 is 2.80 bits per heavy atom. The van der Waals surface area contributed by atoms with Gasteiger partial charge in [0, 0.05) is 12.6 Å². The molecule has 86 valence electrons. The van der Waals surface area contributed by atoms with E-state index in [4.69, 9.17) is 4.74 Å². The number of rotatable bonds is 2. The Bertz CT molecular complexity index is 227. The van der Waals surface area contributed by atoms with Crippen molar-refractivity contribution < 1.29 is 9.53 Å². The summed E-state index contributed by atoms with van der Waals surface area (Å²) in [7, 11) is 0. The molecule has 15 heavy (non-hydrogen) atoms. The van der Waals surface area contributed by atoms with Gasteiger partial charge in [-0.3, -0.25) is 4.79 Å². The number of carbonyl (C=O) groups excluding carboxylic acids is 1. The van der Waals surface area contributed by atoms with E-state index >= 15 is 0 Å². The highest BCUT2D eigenvalue weighted by molar-refractivity contribution is 5.82. The Kier molecular flexibility index (Phi) is 3.59. The maximum atomic E-state index is 11.9. The summed E-state index contributed by atoms with van der Waals surface area (Å²) < 4.78 is 5.45. The van der Waals surface area contributed by atoms with E-state index in [0.29, 0.717) is 12.6 Å². The second-order valence-electron chi connectivity index (χ2n) is 4.50. The van der Waals surface area contributed by atoms with Crippen molar-refractivity contribution >= 4 is 5.91 Å². The predicted octanol–water partition coefficient (Wildman–Crippen LogP) is 0.422. The molecule has 0 aromatic rings. The average Bonchev–Trinajstić information content (AvgIpc) is 2.71. The maximum absolute atomic E-state index is 11.9. The number of morpholine rings is 1. The molecule has 2 rings (SSSR count). The Morgan fingerprint density at radius 1 is 1.40 bits per heavy atom. The first kappa shape index (κ1) is 10.9. The molecule has 4 nitrogen and oxygen atoms in total. The number of hydrogen-bond donors (Lipinski definition) is 2. The van der Waals surface area contributed by atoms with E-state index in [1.807, 2.05) is 6.92 Å². The minimum absolute atomic E-state index is 0.0137. The topological polar surface area (TPSA) is 50.4 Å². The molecule has 0 aromatic carbocycles. The van der Waals surface area contributed by atoms with Crippen molar-refractivity contribution in [2.75, 3.05) is 13.2 Å². The summed E-state index contributed by atoms with van der Waals surface area (Å²) in [6, 6.07) is 0.229. The maximum Gasteiger partial charge on any atom is 0.240 e. The molecule has 4 heteroatoms. The van der Waals surface area contributed by atoms with Gasteiger partial charge in [0.2, 0.25) is 5.91 Å². The van der Waals surface area contributed by atoms with Gasteiger partial charge in [-0.15, -0.1) is 0 Å². The Hall–Kier alpha value is -0.610. The van der Waals surface area contributed by atoms with Crippen LogP contribution in [-0.2, 0) is 9.53 Å². The van der Waals surface area contributed by atoms with Crippen LogP contribution >= 0.6 is 0 Å². The van der Waals surface area contributed by atoms with Gasteiger partial charge in [-0.2, -0.15) is 0 Å². The fraction of sp³-hybridized carbons (Fsp3) is 0.909. The lowest BCUT2D eigenvalue weighted by atomic mass is 10.1. The zero-order chi connectivity index (χ0) is 10.7. The van der Waals surface area contributed by atoms with Crippen LogP contribution in [0.1, 0.15) is 32.6 Å². The van der Waals surface area contributed by atoms with E-state index < -0.39 is 0 Å². The lowest BCUT2D eigenvalue weighted by Gasteiger charge is -2.30. The molecule has 1 aliphatic carbocycles. The SMILES string of the molecule is C[C@H]1OCCN[C@@H]1C(=O)NC1CCCC1. The molecule has 0 radical (unpaired) electrons.